The van der Waals surface area contributed by atoms with E-state index in [2.05, 4.69) is 26.8 Å². The first-order valence-electron chi connectivity index (χ1n) is 13.2. The zero-order chi connectivity index (χ0) is 29.6. The van der Waals surface area contributed by atoms with Crippen LogP contribution in [0.5, 0.6) is 0 Å². The number of fused-ring (bicyclic) bond motifs is 1. The van der Waals surface area contributed by atoms with Crippen molar-refractivity contribution in [3.8, 4) is 11.3 Å². The molecule has 5 rings (SSSR count). The van der Waals surface area contributed by atoms with Crippen molar-refractivity contribution in [1.29, 1.82) is 0 Å². The number of benzene rings is 2. The predicted molar refractivity (Wildman–Crippen MR) is 157 cm³/mol. The standard InChI is InChI=1S/C28H29N5O3.CH4O3S/c1-3-15-33(32-18-16-31(17-19-32)28-29-13-8-14-30-28)27(35)23-12-7-11-22-24(34)20(2)25(36-26(22)23)21-9-5-4-6-10-21;1-5(2,3)4/h4-14H,3,15-19H2,1-2H3;1H3,(H,2,3,4). The van der Waals surface area contributed by atoms with Gasteiger partial charge >= 0.3 is 0 Å². The molecule has 1 aliphatic heterocycles. The lowest BCUT2D eigenvalue weighted by Gasteiger charge is -2.41. The molecule has 216 valence electrons. The van der Waals surface area contributed by atoms with Crippen LogP contribution < -0.4 is 10.3 Å². The zero-order valence-electron chi connectivity index (χ0n) is 23.2. The Bertz CT molecular complexity index is 1650. The molecule has 3 heterocycles. The van der Waals surface area contributed by atoms with E-state index in [9.17, 15) is 18.0 Å². The Morgan fingerprint density at radius 3 is 2.24 bits per heavy atom. The Morgan fingerprint density at radius 1 is 1.00 bits per heavy atom. The third-order valence-electron chi connectivity index (χ3n) is 6.51. The summed E-state index contributed by atoms with van der Waals surface area (Å²) >= 11 is 0. The highest BCUT2D eigenvalue weighted by Gasteiger charge is 2.29. The molecule has 4 aromatic rings. The third kappa shape index (κ3) is 7.34. The van der Waals surface area contributed by atoms with Crippen LogP contribution in [0, 0.1) is 6.92 Å². The van der Waals surface area contributed by atoms with Crippen molar-refractivity contribution < 1.29 is 22.2 Å². The van der Waals surface area contributed by atoms with Crippen LogP contribution in [0.4, 0.5) is 5.95 Å². The summed E-state index contributed by atoms with van der Waals surface area (Å²) in [5.74, 6) is 1.02. The van der Waals surface area contributed by atoms with Crippen LogP contribution in [0.1, 0.15) is 29.3 Å². The van der Waals surface area contributed by atoms with Crippen LogP contribution in [-0.2, 0) is 10.1 Å². The smallest absolute Gasteiger partial charge is 0.271 e. The number of nitrogens with zero attached hydrogens (tertiary/aromatic N) is 5. The number of amides is 1. The third-order valence-corrected chi connectivity index (χ3v) is 6.51. The maximum atomic E-state index is 13.9. The van der Waals surface area contributed by atoms with E-state index in [0.717, 1.165) is 12.0 Å². The second-order valence-corrected chi connectivity index (χ2v) is 11.1. The molecule has 2 aromatic heterocycles. The molecule has 1 amide bonds. The van der Waals surface area contributed by atoms with Gasteiger partial charge in [-0.2, -0.15) is 8.42 Å². The lowest BCUT2D eigenvalue weighted by molar-refractivity contribution is -0.0137. The van der Waals surface area contributed by atoms with E-state index in [1.807, 2.05) is 30.3 Å². The zero-order valence-corrected chi connectivity index (χ0v) is 24.0. The number of rotatable bonds is 6. The summed E-state index contributed by atoms with van der Waals surface area (Å²) in [7, 11) is -3.67. The molecule has 0 radical (unpaired) electrons. The molecule has 1 saturated heterocycles. The molecule has 1 fully saturated rings. The number of aromatic nitrogens is 2. The second kappa shape index (κ2) is 13.0. The van der Waals surface area contributed by atoms with Crippen LogP contribution in [0.3, 0.4) is 0 Å². The number of anilines is 1. The first-order chi connectivity index (χ1) is 19.6. The van der Waals surface area contributed by atoms with E-state index in [4.69, 9.17) is 8.97 Å². The minimum atomic E-state index is -3.67. The van der Waals surface area contributed by atoms with E-state index in [1.165, 1.54) is 0 Å². The lowest BCUT2D eigenvalue weighted by atomic mass is 10.0. The fourth-order valence-corrected chi connectivity index (χ4v) is 4.66. The molecule has 12 heteroatoms. The number of hydrogen-bond acceptors (Lipinski definition) is 9. The molecule has 0 spiro atoms. The Morgan fingerprint density at radius 2 is 1.63 bits per heavy atom. The van der Waals surface area contributed by atoms with Crippen molar-refractivity contribution in [3.63, 3.8) is 0 Å². The van der Waals surface area contributed by atoms with Crippen LogP contribution in [0.15, 0.2) is 76.2 Å². The van der Waals surface area contributed by atoms with Gasteiger partial charge in [0, 0.05) is 56.2 Å². The van der Waals surface area contributed by atoms with Crippen molar-refractivity contribution in [2.75, 3.05) is 43.9 Å². The van der Waals surface area contributed by atoms with Crippen LogP contribution in [0.2, 0.25) is 0 Å². The minimum Gasteiger partial charge on any atom is -0.455 e. The summed E-state index contributed by atoms with van der Waals surface area (Å²) in [4.78, 5) is 38.0. The molecular formula is C29H33N5O6S. The largest absolute Gasteiger partial charge is 0.455 e. The lowest BCUT2D eigenvalue weighted by Crippen LogP contribution is -2.56. The van der Waals surface area contributed by atoms with Crippen molar-refractivity contribution >= 4 is 32.9 Å². The molecule has 0 saturated carbocycles. The van der Waals surface area contributed by atoms with Gasteiger partial charge < -0.3 is 9.32 Å². The van der Waals surface area contributed by atoms with Gasteiger partial charge in [0.15, 0.2) is 11.0 Å². The monoisotopic (exact) mass is 579 g/mol. The van der Waals surface area contributed by atoms with Gasteiger partial charge in [-0.1, -0.05) is 43.3 Å². The number of para-hydroxylation sites is 1. The maximum Gasteiger partial charge on any atom is 0.271 e. The first-order valence-corrected chi connectivity index (χ1v) is 15.1. The van der Waals surface area contributed by atoms with Gasteiger partial charge in [0.2, 0.25) is 5.95 Å². The fourth-order valence-electron chi connectivity index (χ4n) is 4.66. The Kier molecular flexibility index (Phi) is 9.48. The number of hydrogen-bond donors (Lipinski definition) is 1. The minimum absolute atomic E-state index is 0.122. The molecule has 0 unspecified atom stereocenters. The average molecular weight is 580 g/mol. The highest BCUT2D eigenvalue weighted by Crippen LogP contribution is 2.28. The van der Waals surface area contributed by atoms with E-state index < -0.39 is 10.1 Å². The number of piperazine rings is 1. The van der Waals surface area contributed by atoms with Gasteiger partial charge in [-0.15, -0.1) is 0 Å². The molecule has 0 aliphatic carbocycles. The van der Waals surface area contributed by atoms with Crippen molar-refractivity contribution in [2.45, 2.75) is 20.3 Å². The summed E-state index contributed by atoms with van der Waals surface area (Å²) in [6.07, 6.45) is 4.99. The fraction of sp³-hybridized carbons (Fsp3) is 0.310. The van der Waals surface area contributed by atoms with Gasteiger partial charge in [-0.3, -0.25) is 19.2 Å². The SMILES string of the molecule is CCCN(C(=O)c1cccc2c(=O)c(C)c(-c3ccccc3)oc12)N1CCN(c2ncccn2)CC1.CS(=O)(=O)O. The maximum absolute atomic E-state index is 13.9. The molecule has 11 nitrogen and oxygen atoms in total. The molecule has 1 N–H and O–H groups in total. The summed E-state index contributed by atoms with van der Waals surface area (Å²) < 4.78 is 32.2. The van der Waals surface area contributed by atoms with Gasteiger partial charge in [-0.05, 0) is 31.5 Å². The summed E-state index contributed by atoms with van der Waals surface area (Å²) in [6, 6.07) is 16.5. The van der Waals surface area contributed by atoms with Gasteiger partial charge in [0.05, 0.1) is 17.2 Å². The Balaban J connectivity index is 0.000000714. The Hall–Kier alpha value is -4.13. The normalized spacial score (nSPS) is 13.9. The molecule has 0 bridgehead atoms. The molecule has 41 heavy (non-hydrogen) atoms. The second-order valence-electron chi connectivity index (χ2n) is 9.58. The quantitative estimate of drug-likeness (QED) is 0.337. The van der Waals surface area contributed by atoms with E-state index in [0.29, 0.717) is 72.8 Å². The summed E-state index contributed by atoms with van der Waals surface area (Å²) in [5.41, 5.74) is 1.94. The number of carbonyl (C=O) groups excluding carboxylic acids is 1. The van der Waals surface area contributed by atoms with Crippen LogP contribution in [0.25, 0.3) is 22.3 Å². The molecule has 0 atom stereocenters. The topological polar surface area (TPSA) is 137 Å². The van der Waals surface area contributed by atoms with E-state index in [-0.39, 0.29) is 11.3 Å². The summed E-state index contributed by atoms with van der Waals surface area (Å²) in [6.45, 7) is 7.12. The highest BCUT2D eigenvalue weighted by molar-refractivity contribution is 7.85. The highest BCUT2D eigenvalue weighted by atomic mass is 32.2. The van der Waals surface area contributed by atoms with Crippen LogP contribution in [-0.4, -0.2) is 77.8 Å². The van der Waals surface area contributed by atoms with Gasteiger partial charge in [-0.25, -0.2) is 15.0 Å². The molecular weight excluding hydrogens is 546 g/mol. The van der Waals surface area contributed by atoms with E-state index >= 15 is 0 Å². The van der Waals surface area contributed by atoms with E-state index in [1.54, 1.807) is 48.6 Å². The predicted octanol–water partition coefficient (Wildman–Crippen LogP) is 3.65. The molecule has 1 aliphatic rings. The van der Waals surface area contributed by atoms with Crippen molar-refractivity contribution in [3.05, 3.63) is 88.3 Å². The summed E-state index contributed by atoms with van der Waals surface area (Å²) in [5, 5.41) is 4.29. The van der Waals surface area contributed by atoms with Gasteiger partial charge in [0.1, 0.15) is 5.76 Å². The van der Waals surface area contributed by atoms with Crippen molar-refractivity contribution in [1.82, 2.24) is 20.0 Å². The first kappa shape index (κ1) is 29.8. The molecule has 2 aromatic carbocycles. The van der Waals surface area contributed by atoms with Crippen molar-refractivity contribution in [2.24, 2.45) is 0 Å². The van der Waals surface area contributed by atoms with Crippen LogP contribution >= 0.6 is 0 Å². The number of carbonyl (C=O) groups is 1. The number of hydrazine groups is 1. The Labute approximate surface area is 238 Å². The average Bonchev–Trinajstić information content (AvgIpc) is 2.97. The van der Waals surface area contributed by atoms with Gasteiger partial charge in [0.25, 0.3) is 16.0 Å².